The summed E-state index contributed by atoms with van der Waals surface area (Å²) in [6, 6.07) is 17.8. The van der Waals surface area contributed by atoms with Gasteiger partial charge in [0, 0.05) is 5.56 Å². The predicted molar refractivity (Wildman–Crippen MR) is 96.3 cm³/mol. The van der Waals surface area contributed by atoms with Crippen molar-refractivity contribution in [2.45, 2.75) is 0 Å². The van der Waals surface area contributed by atoms with Crippen molar-refractivity contribution in [3.8, 4) is 17.2 Å². The van der Waals surface area contributed by atoms with Crippen LogP contribution >= 0.6 is 0 Å². The van der Waals surface area contributed by atoms with Crippen LogP contribution in [0.4, 0.5) is 4.39 Å². The van der Waals surface area contributed by atoms with Crippen molar-refractivity contribution in [2.24, 2.45) is 0 Å². The van der Waals surface area contributed by atoms with Crippen molar-refractivity contribution in [1.29, 1.82) is 5.26 Å². The Morgan fingerprint density at radius 3 is 2.46 bits per heavy atom. The summed E-state index contributed by atoms with van der Waals surface area (Å²) < 4.78 is 14.6. The second-order valence-electron chi connectivity index (χ2n) is 5.59. The van der Waals surface area contributed by atoms with Crippen LogP contribution in [0.25, 0.3) is 28.9 Å². The normalized spacial score (nSPS) is 11.1. The highest BCUT2D eigenvalue weighted by atomic mass is 19.1. The Balaban J connectivity index is 1.84. The molecule has 0 N–H and O–H groups in total. The van der Waals surface area contributed by atoms with Gasteiger partial charge >= 0.3 is 0 Å². The number of aromatic nitrogens is 4. The van der Waals surface area contributed by atoms with Gasteiger partial charge in [0.15, 0.2) is 11.3 Å². The van der Waals surface area contributed by atoms with Crippen molar-refractivity contribution in [3.05, 3.63) is 83.6 Å². The standard InChI is InChI=1S/C20H12FN5/c21-16-9-6-14(7-10-16)8-11-19-18(12-22)24-25-20-17(13-23-26(19)20)15-4-2-1-3-5-15/h1-11,13H/b11-8+. The summed E-state index contributed by atoms with van der Waals surface area (Å²) in [5.41, 5.74) is 3.85. The Morgan fingerprint density at radius 2 is 1.73 bits per heavy atom. The van der Waals surface area contributed by atoms with Gasteiger partial charge in [-0.1, -0.05) is 48.5 Å². The lowest BCUT2D eigenvalue weighted by atomic mass is 10.1. The smallest absolute Gasteiger partial charge is 0.188 e. The van der Waals surface area contributed by atoms with Gasteiger partial charge in [0.2, 0.25) is 0 Å². The molecule has 0 spiro atoms. The van der Waals surface area contributed by atoms with E-state index in [1.54, 1.807) is 35.0 Å². The van der Waals surface area contributed by atoms with Crippen molar-refractivity contribution in [1.82, 2.24) is 19.8 Å². The van der Waals surface area contributed by atoms with E-state index < -0.39 is 0 Å². The Labute approximate surface area is 148 Å². The van der Waals surface area contributed by atoms with Gasteiger partial charge < -0.3 is 0 Å². The highest BCUT2D eigenvalue weighted by molar-refractivity contribution is 5.79. The molecule has 2 aromatic heterocycles. The first-order chi connectivity index (χ1) is 12.8. The summed E-state index contributed by atoms with van der Waals surface area (Å²) in [7, 11) is 0. The van der Waals surface area contributed by atoms with Crippen LogP contribution in [0.2, 0.25) is 0 Å². The van der Waals surface area contributed by atoms with Gasteiger partial charge in [-0.2, -0.15) is 10.4 Å². The number of hydrogen-bond donors (Lipinski definition) is 0. The van der Waals surface area contributed by atoms with Crippen molar-refractivity contribution < 1.29 is 4.39 Å². The SMILES string of the molecule is N#Cc1nnc2c(-c3ccccc3)cnn2c1/C=C/c1ccc(F)cc1. The molecule has 2 aromatic carbocycles. The number of fused-ring (bicyclic) bond motifs is 1. The van der Waals surface area contributed by atoms with Crippen LogP contribution in [0, 0.1) is 17.1 Å². The molecule has 6 heteroatoms. The van der Waals surface area contributed by atoms with E-state index in [4.69, 9.17) is 0 Å². The maximum Gasteiger partial charge on any atom is 0.188 e. The maximum absolute atomic E-state index is 13.0. The Hall–Kier alpha value is -3.85. The first-order valence-electron chi connectivity index (χ1n) is 7.90. The van der Waals surface area contributed by atoms with Gasteiger partial charge in [-0.25, -0.2) is 8.91 Å². The molecule has 0 saturated heterocycles. The summed E-state index contributed by atoms with van der Waals surface area (Å²) in [6.45, 7) is 0. The molecule has 2 heterocycles. The fraction of sp³-hybridized carbons (Fsp3) is 0. The molecule has 5 nitrogen and oxygen atoms in total. The van der Waals surface area contributed by atoms with E-state index in [0.29, 0.717) is 11.3 Å². The van der Waals surface area contributed by atoms with Crippen molar-refractivity contribution in [3.63, 3.8) is 0 Å². The highest BCUT2D eigenvalue weighted by Gasteiger charge is 2.14. The summed E-state index contributed by atoms with van der Waals surface area (Å²) in [5, 5.41) is 21.9. The predicted octanol–water partition coefficient (Wildman–Crippen LogP) is 3.97. The molecular formula is C20H12FN5. The van der Waals surface area contributed by atoms with Crippen LogP contribution in [0.1, 0.15) is 17.0 Å². The fourth-order valence-corrected chi connectivity index (χ4v) is 2.66. The molecule has 0 unspecified atom stereocenters. The lowest BCUT2D eigenvalue weighted by Crippen LogP contribution is -2.03. The molecule has 4 rings (SSSR count). The van der Waals surface area contributed by atoms with E-state index in [2.05, 4.69) is 15.3 Å². The number of rotatable bonds is 3. The van der Waals surface area contributed by atoms with E-state index >= 15 is 0 Å². The third kappa shape index (κ3) is 2.82. The number of benzene rings is 2. The van der Waals surface area contributed by atoms with Crippen LogP contribution in [-0.2, 0) is 0 Å². The van der Waals surface area contributed by atoms with E-state index in [0.717, 1.165) is 16.7 Å². The summed E-state index contributed by atoms with van der Waals surface area (Å²) >= 11 is 0. The number of nitriles is 1. The molecule has 0 fully saturated rings. The minimum Gasteiger partial charge on any atom is -0.210 e. The minimum absolute atomic E-state index is 0.165. The molecule has 0 aliphatic carbocycles. The molecule has 0 aliphatic heterocycles. The highest BCUT2D eigenvalue weighted by Crippen LogP contribution is 2.24. The number of halogens is 1. The van der Waals surface area contributed by atoms with Crippen LogP contribution in [-0.4, -0.2) is 19.8 Å². The number of hydrogen-bond acceptors (Lipinski definition) is 4. The molecule has 0 amide bonds. The summed E-state index contributed by atoms with van der Waals surface area (Å²) in [6.07, 6.45) is 5.21. The average molecular weight is 341 g/mol. The zero-order chi connectivity index (χ0) is 17.9. The third-order valence-corrected chi connectivity index (χ3v) is 3.95. The summed E-state index contributed by atoms with van der Waals surface area (Å²) in [5.74, 6) is -0.299. The Kier molecular flexibility index (Phi) is 3.96. The van der Waals surface area contributed by atoms with Crippen LogP contribution in [0.3, 0.4) is 0 Å². The van der Waals surface area contributed by atoms with Gasteiger partial charge in [0.25, 0.3) is 0 Å². The Bertz CT molecular complexity index is 1140. The van der Waals surface area contributed by atoms with Gasteiger partial charge in [-0.3, -0.25) is 0 Å². The number of nitrogens with zero attached hydrogens (tertiary/aromatic N) is 5. The monoisotopic (exact) mass is 341 g/mol. The third-order valence-electron chi connectivity index (χ3n) is 3.95. The van der Waals surface area contributed by atoms with Crippen molar-refractivity contribution in [2.75, 3.05) is 0 Å². The topological polar surface area (TPSA) is 66.9 Å². The van der Waals surface area contributed by atoms with E-state index in [9.17, 15) is 9.65 Å². The van der Waals surface area contributed by atoms with E-state index in [-0.39, 0.29) is 11.5 Å². The van der Waals surface area contributed by atoms with E-state index in [1.807, 2.05) is 36.4 Å². The minimum atomic E-state index is -0.299. The molecule has 0 atom stereocenters. The van der Waals surface area contributed by atoms with Gasteiger partial charge in [-0.05, 0) is 29.3 Å². The quantitative estimate of drug-likeness (QED) is 0.565. The molecule has 0 saturated carbocycles. The molecular weight excluding hydrogens is 329 g/mol. The van der Waals surface area contributed by atoms with Gasteiger partial charge in [-0.15, -0.1) is 10.2 Å². The zero-order valence-electron chi connectivity index (χ0n) is 13.5. The lowest BCUT2D eigenvalue weighted by Gasteiger charge is -2.02. The second-order valence-corrected chi connectivity index (χ2v) is 5.59. The van der Waals surface area contributed by atoms with Crippen molar-refractivity contribution >= 4 is 17.8 Å². The molecule has 26 heavy (non-hydrogen) atoms. The van der Waals surface area contributed by atoms with Crippen LogP contribution in [0.15, 0.2) is 60.8 Å². The fourth-order valence-electron chi connectivity index (χ4n) is 2.66. The first kappa shape index (κ1) is 15.7. The second kappa shape index (κ2) is 6.57. The largest absolute Gasteiger partial charge is 0.210 e. The van der Waals surface area contributed by atoms with Gasteiger partial charge in [0.1, 0.15) is 17.6 Å². The van der Waals surface area contributed by atoms with Crippen LogP contribution in [0.5, 0.6) is 0 Å². The van der Waals surface area contributed by atoms with E-state index in [1.165, 1.54) is 12.1 Å². The van der Waals surface area contributed by atoms with Crippen LogP contribution < -0.4 is 0 Å². The average Bonchev–Trinajstić information content (AvgIpc) is 3.12. The molecule has 0 aliphatic rings. The first-order valence-corrected chi connectivity index (χ1v) is 7.90. The molecule has 124 valence electrons. The lowest BCUT2D eigenvalue weighted by molar-refractivity contribution is 0.628. The molecule has 0 bridgehead atoms. The molecule has 4 aromatic rings. The van der Waals surface area contributed by atoms with Gasteiger partial charge in [0.05, 0.1) is 6.20 Å². The Morgan fingerprint density at radius 1 is 0.962 bits per heavy atom. The molecule has 0 radical (unpaired) electrons. The summed E-state index contributed by atoms with van der Waals surface area (Å²) in [4.78, 5) is 0. The maximum atomic E-state index is 13.0. The zero-order valence-corrected chi connectivity index (χ0v) is 13.5.